The Morgan fingerprint density at radius 2 is 2.31 bits per heavy atom. The Balaban J connectivity index is 2.39. The minimum Gasteiger partial charge on any atom is -0.312 e. The van der Waals surface area contributed by atoms with Crippen molar-refractivity contribution < 1.29 is 0 Å². The predicted molar refractivity (Wildman–Crippen MR) is 65.8 cm³/mol. The molecule has 1 N–H and O–H groups in total. The van der Waals surface area contributed by atoms with Gasteiger partial charge in [-0.2, -0.15) is 0 Å². The van der Waals surface area contributed by atoms with E-state index in [1.807, 2.05) is 12.3 Å². The zero-order valence-electron chi connectivity index (χ0n) is 9.24. The molecule has 0 unspecified atom stereocenters. The molecule has 3 nitrogen and oxygen atoms in total. The number of aromatic nitrogens is 2. The highest BCUT2D eigenvalue weighted by Gasteiger charge is 2.12. The molecule has 1 aromatic rings. The topological polar surface area (TPSA) is 37.8 Å². The molecule has 0 aliphatic carbocycles. The molecule has 0 aromatic carbocycles. The van der Waals surface area contributed by atoms with Crippen molar-refractivity contribution in [1.82, 2.24) is 15.3 Å². The lowest BCUT2D eigenvalue weighted by Gasteiger charge is -2.16. The van der Waals surface area contributed by atoms with Crippen molar-refractivity contribution in [3.8, 4) is 0 Å². The number of fused-ring (bicyclic) bond motifs is 1. The average Bonchev–Trinajstić information content (AvgIpc) is 2.35. The summed E-state index contributed by atoms with van der Waals surface area (Å²) >= 11 is 0. The van der Waals surface area contributed by atoms with Gasteiger partial charge < -0.3 is 5.32 Å². The molecule has 0 bridgehead atoms. The summed E-state index contributed by atoms with van der Waals surface area (Å²) in [4.78, 5) is 8.91. The van der Waals surface area contributed by atoms with E-state index in [9.17, 15) is 0 Å². The van der Waals surface area contributed by atoms with Gasteiger partial charge in [0.25, 0.3) is 0 Å². The summed E-state index contributed by atoms with van der Waals surface area (Å²) in [7, 11) is 0. The summed E-state index contributed by atoms with van der Waals surface area (Å²) in [5.41, 5.74) is 3.24. The van der Waals surface area contributed by atoms with Crippen molar-refractivity contribution in [1.29, 1.82) is 0 Å². The van der Waals surface area contributed by atoms with E-state index < -0.39 is 0 Å². The molecule has 16 heavy (non-hydrogen) atoms. The van der Waals surface area contributed by atoms with Crippen LogP contribution in [0.25, 0.3) is 5.57 Å². The van der Waals surface area contributed by atoms with Gasteiger partial charge in [0.05, 0.1) is 5.69 Å². The molecule has 0 saturated heterocycles. The van der Waals surface area contributed by atoms with Crippen molar-refractivity contribution in [2.24, 2.45) is 0 Å². The van der Waals surface area contributed by atoms with E-state index in [-0.39, 0.29) is 0 Å². The number of hydrogen-bond donors (Lipinski definition) is 1. The molecule has 0 saturated carbocycles. The van der Waals surface area contributed by atoms with Crippen LogP contribution in [0.1, 0.15) is 17.1 Å². The van der Waals surface area contributed by atoms with Crippen LogP contribution in [-0.2, 0) is 13.0 Å². The molecule has 0 radical (unpaired) electrons. The number of nitrogens with one attached hydrogen (secondary N) is 1. The van der Waals surface area contributed by atoms with Crippen LogP contribution in [0.3, 0.4) is 0 Å². The Morgan fingerprint density at radius 3 is 3.06 bits per heavy atom. The van der Waals surface area contributed by atoms with Gasteiger partial charge in [0, 0.05) is 36.8 Å². The number of allylic oxidation sites excluding steroid dienone is 4. The van der Waals surface area contributed by atoms with Crippen LogP contribution in [0, 0.1) is 0 Å². The first kappa shape index (κ1) is 10.8. The van der Waals surface area contributed by atoms with Gasteiger partial charge in [-0.05, 0) is 0 Å². The maximum absolute atomic E-state index is 4.56. The zero-order chi connectivity index (χ0) is 11.4. The minimum atomic E-state index is 0.732. The highest BCUT2D eigenvalue weighted by Crippen LogP contribution is 2.15. The zero-order valence-corrected chi connectivity index (χ0v) is 9.24. The second kappa shape index (κ2) is 4.86. The number of nitrogens with zero attached hydrogens (tertiary/aromatic N) is 2. The first-order valence-electron chi connectivity index (χ1n) is 5.36. The Labute approximate surface area is 95.6 Å². The summed E-state index contributed by atoms with van der Waals surface area (Å²) < 4.78 is 0. The van der Waals surface area contributed by atoms with E-state index in [2.05, 4.69) is 28.4 Å². The van der Waals surface area contributed by atoms with E-state index in [1.54, 1.807) is 12.2 Å². The van der Waals surface area contributed by atoms with Crippen molar-refractivity contribution >= 4 is 5.57 Å². The summed E-state index contributed by atoms with van der Waals surface area (Å²) in [5, 5.41) is 3.30. The molecule has 2 rings (SSSR count). The Morgan fingerprint density at radius 1 is 1.44 bits per heavy atom. The van der Waals surface area contributed by atoms with Crippen molar-refractivity contribution in [2.75, 3.05) is 6.54 Å². The molecule has 1 aromatic heterocycles. The van der Waals surface area contributed by atoms with E-state index in [0.29, 0.717) is 0 Å². The van der Waals surface area contributed by atoms with E-state index in [4.69, 9.17) is 0 Å². The van der Waals surface area contributed by atoms with Gasteiger partial charge in [0.15, 0.2) is 5.82 Å². The predicted octanol–water partition coefficient (Wildman–Crippen LogP) is 1.88. The van der Waals surface area contributed by atoms with Gasteiger partial charge in [-0.3, -0.25) is 0 Å². The van der Waals surface area contributed by atoms with E-state index >= 15 is 0 Å². The van der Waals surface area contributed by atoms with Crippen LogP contribution >= 0.6 is 0 Å². The van der Waals surface area contributed by atoms with Gasteiger partial charge in [0.2, 0.25) is 0 Å². The normalized spacial score (nSPS) is 15.4. The van der Waals surface area contributed by atoms with Crippen LogP contribution in [0.15, 0.2) is 37.6 Å². The third kappa shape index (κ3) is 2.09. The number of hydrogen-bond acceptors (Lipinski definition) is 3. The van der Waals surface area contributed by atoms with Gasteiger partial charge in [-0.1, -0.05) is 31.4 Å². The van der Waals surface area contributed by atoms with Gasteiger partial charge >= 0.3 is 0 Å². The SMILES string of the molecule is C=C/C=C(\C=C)c1ncc2c(n1)CCNC2. The molecule has 0 fully saturated rings. The Bertz CT molecular complexity index is 446. The summed E-state index contributed by atoms with van der Waals surface area (Å²) in [5.74, 6) is 0.732. The quantitative estimate of drug-likeness (QED) is 0.779. The third-order valence-corrected chi connectivity index (χ3v) is 2.58. The third-order valence-electron chi connectivity index (χ3n) is 2.58. The standard InChI is InChI=1S/C13H15N3/c1-3-5-10(4-2)13-15-9-11-8-14-7-6-12(11)16-13/h3-5,9,14H,1-2,6-8H2/b10-5+. The second-order valence-corrected chi connectivity index (χ2v) is 3.65. The average molecular weight is 213 g/mol. The highest BCUT2D eigenvalue weighted by molar-refractivity contribution is 5.70. The maximum Gasteiger partial charge on any atom is 0.159 e. The second-order valence-electron chi connectivity index (χ2n) is 3.65. The number of rotatable bonds is 3. The lowest BCUT2D eigenvalue weighted by atomic mass is 10.1. The van der Waals surface area contributed by atoms with Crippen molar-refractivity contribution in [2.45, 2.75) is 13.0 Å². The summed E-state index contributed by atoms with van der Waals surface area (Å²) in [6.45, 7) is 9.28. The van der Waals surface area contributed by atoms with Gasteiger partial charge in [-0.25, -0.2) is 9.97 Å². The molecule has 0 spiro atoms. The lowest BCUT2D eigenvalue weighted by Crippen LogP contribution is -2.25. The molecule has 0 amide bonds. The van der Waals surface area contributed by atoms with Crippen LogP contribution < -0.4 is 5.32 Å². The summed E-state index contributed by atoms with van der Waals surface area (Å²) in [6.07, 6.45) is 8.20. The largest absolute Gasteiger partial charge is 0.312 e. The molecule has 82 valence electrons. The Hall–Kier alpha value is -1.74. The van der Waals surface area contributed by atoms with E-state index in [1.165, 1.54) is 5.56 Å². The van der Waals surface area contributed by atoms with Crippen LogP contribution in [0.4, 0.5) is 0 Å². The summed E-state index contributed by atoms with van der Waals surface area (Å²) in [6, 6.07) is 0. The minimum absolute atomic E-state index is 0.732. The molecule has 0 atom stereocenters. The maximum atomic E-state index is 4.56. The lowest BCUT2D eigenvalue weighted by molar-refractivity contribution is 0.624. The van der Waals surface area contributed by atoms with Crippen LogP contribution in [0.5, 0.6) is 0 Å². The first-order valence-corrected chi connectivity index (χ1v) is 5.36. The van der Waals surface area contributed by atoms with Crippen molar-refractivity contribution in [3.63, 3.8) is 0 Å². The smallest absolute Gasteiger partial charge is 0.159 e. The molecular weight excluding hydrogens is 198 g/mol. The first-order chi connectivity index (χ1) is 7.85. The molecule has 3 heteroatoms. The molecule has 1 aliphatic heterocycles. The van der Waals surface area contributed by atoms with Crippen LogP contribution in [-0.4, -0.2) is 16.5 Å². The van der Waals surface area contributed by atoms with Gasteiger partial charge in [0.1, 0.15) is 0 Å². The van der Waals surface area contributed by atoms with Gasteiger partial charge in [-0.15, -0.1) is 0 Å². The fourth-order valence-electron chi connectivity index (χ4n) is 1.74. The molecular formula is C13H15N3. The Kier molecular flexibility index (Phi) is 3.27. The fourth-order valence-corrected chi connectivity index (χ4v) is 1.74. The molecule has 2 heterocycles. The van der Waals surface area contributed by atoms with E-state index in [0.717, 1.165) is 36.6 Å². The monoisotopic (exact) mass is 213 g/mol. The highest BCUT2D eigenvalue weighted by atomic mass is 14.9. The van der Waals surface area contributed by atoms with Crippen molar-refractivity contribution in [3.05, 3.63) is 54.7 Å². The fraction of sp³-hybridized carbons (Fsp3) is 0.231. The molecule has 1 aliphatic rings. The van der Waals surface area contributed by atoms with Crippen LogP contribution in [0.2, 0.25) is 0 Å².